The van der Waals surface area contributed by atoms with E-state index in [-0.39, 0.29) is 0 Å². The maximum atomic E-state index is 5.77. The van der Waals surface area contributed by atoms with Gasteiger partial charge in [0.05, 0.1) is 33.0 Å². The second-order valence-corrected chi connectivity index (χ2v) is 10.8. The molecule has 0 unspecified atom stereocenters. The number of hydrogen-bond donors (Lipinski definition) is 0. The van der Waals surface area contributed by atoms with Crippen molar-refractivity contribution in [2.75, 3.05) is 34.0 Å². The van der Waals surface area contributed by atoms with Crippen LogP contribution in [0.1, 0.15) is 30.5 Å². The summed E-state index contributed by atoms with van der Waals surface area (Å²) in [6.45, 7) is 5.99. The molecule has 1 aliphatic heterocycles. The third kappa shape index (κ3) is 6.48. The fourth-order valence-corrected chi connectivity index (χ4v) is 5.88. The molecule has 0 aliphatic carbocycles. The molecular formula is C40H38NO4+. The molecule has 0 N–H and O–H groups in total. The molecule has 0 atom stereocenters. The van der Waals surface area contributed by atoms with Gasteiger partial charge < -0.3 is 18.9 Å². The van der Waals surface area contributed by atoms with E-state index in [4.69, 9.17) is 18.9 Å². The van der Waals surface area contributed by atoms with E-state index in [0.717, 1.165) is 62.9 Å². The number of ether oxygens (including phenoxy) is 4. The fourth-order valence-electron chi connectivity index (χ4n) is 5.88. The van der Waals surface area contributed by atoms with E-state index in [1.54, 1.807) is 14.2 Å². The molecule has 0 spiro atoms. The van der Waals surface area contributed by atoms with Gasteiger partial charge in [0.1, 0.15) is 23.0 Å². The Morgan fingerprint density at radius 2 is 1.18 bits per heavy atom. The lowest BCUT2D eigenvalue weighted by Crippen LogP contribution is -2.04. The first kappa shape index (κ1) is 29.8. The number of methoxy groups -OCH3 is 2. The number of nitrogens with zero attached hydrogens (tertiary/aromatic N) is 1. The van der Waals surface area contributed by atoms with Gasteiger partial charge in [0, 0.05) is 28.3 Å². The monoisotopic (exact) mass is 596 g/mol. The van der Waals surface area contributed by atoms with Gasteiger partial charge in [0.25, 0.3) is 0 Å². The SMILES string of the molecule is CCOc1cccc(-c2cc(C=C3C[N+](=Cc4ccc(OC)c(-c5cccc(OCC)c5)c4)c4ccccc43)ccc2OC)c1. The predicted molar refractivity (Wildman–Crippen MR) is 183 cm³/mol. The Labute approximate surface area is 265 Å². The van der Waals surface area contributed by atoms with Crippen LogP contribution in [0.3, 0.4) is 0 Å². The van der Waals surface area contributed by atoms with E-state index in [1.165, 1.54) is 16.8 Å². The average Bonchev–Trinajstić information content (AvgIpc) is 3.41. The third-order valence-corrected chi connectivity index (χ3v) is 7.91. The van der Waals surface area contributed by atoms with Gasteiger partial charge in [-0.1, -0.05) is 42.5 Å². The van der Waals surface area contributed by atoms with Crippen molar-refractivity contribution in [1.82, 2.24) is 0 Å². The predicted octanol–water partition coefficient (Wildman–Crippen LogP) is 9.15. The largest absolute Gasteiger partial charge is 0.496 e. The van der Waals surface area contributed by atoms with E-state index in [1.807, 2.05) is 50.2 Å². The van der Waals surface area contributed by atoms with Crippen molar-refractivity contribution in [2.24, 2.45) is 0 Å². The second-order valence-electron chi connectivity index (χ2n) is 10.8. The highest BCUT2D eigenvalue weighted by atomic mass is 16.5. The summed E-state index contributed by atoms with van der Waals surface area (Å²) in [5.41, 5.74) is 10.0. The highest BCUT2D eigenvalue weighted by Crippen LogP contribution is 2.38. The lowest BCUT2D eigenvalue weighted by Gasteiger charge is -2.12. The van der Waals surface area contributed by atoms with E-state index in [2.05, 4.69) is 89.7 Å². The zero-order valence-corrected chi connectivity index (χ0v) is 26.2. The number of fused-ring (bicyclic) bond motifs is 1. The molecule has 6 rings (SSSR count). The van der Waals surface area contributed by atoms with Gasteiger partial charge in [0.2, 0.25) is 5.69 Å². The molecule has 0 fully saturated rings. The van der Waals surface area contributed by atoms with E-state index in [0.29, 0.717) is 13.2 Å². The molecule has 0 amide bonds. The van der Waals surface area contributed by atoms with Crippen LogP contribution in [-0.2, 0) is 0 Å². The van der Waals surface area contributed by atoms with Gasteiger partial charge in [-0.3, -0.25) is 0 Å². The summed E-state index contributed by atoms with van der Waals surface area (Å²) in [5, 5.41) is 0. The molecule has 5 aromatic carbocycles. The molecule has 0 saturated carbocycles. The topological polar surface area (TPSA) is 39.9 Å². The summed E-state index contributed by atoms with van der Waals surface area (Å²) in [6.07, 6.45) is 4.49. The highest BCUT2D eigenvalue weighted by Gasteiger charge is 2.28. The minimum Gasteiger partial charge on any atom is -0.496 e. The standard InChI is InChI=1S/C40H38NO4/c1-5-44-33-13-9-11-30(24-33)36-22-28(17-19-39(36)42-3)21-32-27-41(38-16-8-7-15-35(32)38)26-29-18-20-40(43-4)37(23-29)31-12-10-14-34(25-31)45-6-2/h7-26H,5-6,27H2,1-4H3/q+1. The molecular weight excluding hydrogens is 558 g/mol. The Hall–Kier alpha value is -5.29. The number of benzene rings is 5. The zero-order chi connectivity index (χ0) is 31.2. The quantitative estimate of drug-likeness (QED) is 0.151. The van der Waals surface area contributed by atoms with Gasteiger partial charge in [-0.15, -0.1) is 0 Å². The molecule has 5 aromatic rings. The van der Waals surface area contributed by atoms with E-state index in [9.17, 15) is 0 Å². The van der Waals surface area contributed by atoms with Gasteiger partial charge in [-0.05, 0) is 97.3 Å². The zero-order valence-electron chi connectivity index (χ0n) is 26.2. The molecule has 0 aromatic heterocycles. The number of hydrogen-bond acceptors (Lipinski definition) is 4. The van der Waals surface area contributed by atoms with E-state index < -0.39 is 0 Å². The van der Waals surface area contributed by atoms with Crippen molar-refractivity contribution in [3.8, 4) is 45.3 Å². The number of para-hydroxylation sites is 1. The average molecular weight is 597 g/mol. The Morgan fingerprint density at radius 1 is 0.600 bits per heavy atom. The lowest BCUT2D eigenvalue weighted by atomic mass is 9.99. The Morgan fingerprint density at radius 3 is 1.78 bits per heavy atom. The summed E-state index contributed by atoms with van der Waals surface area (Å²) in [4.78, 5) is 0. The van der Waals surface area contributed by atoms with Crippen LogP contribution < -0.4 is 18.9 Å². The van der Waals surface area contributed by atoms with Crippen LogP contribution in [0.15, 0.2) is 109 Å². The van der Waals surface area contributed by atoms with Gasteiger partial charge in [-0.25, -0.2) is 0 Å². The molecule has 0 radical (unpaired) electrons. The summed E-state index contributed by atoms with van der Waals surface area (Å²) < 4.78 is 25.3. The van der Waals surface area contributed by atoms with Crippen molar-refractivity contribution in [2.45, 2.75) is 13.8 Å². The molecule has 1 aliphatic rings. The first-order valence-corrected chi connectivity index (χ1v) is 15.3. The van der Waals surface area contributed by atoms with Crippen LogP contribution in [0, 0.1) is 0 Å². The van der Waals surface area contributed by atoms with Gasteiger partial charge in [-0.2, -0.15) is 4.58 Å². The molecule has 226 valence electrons. The molecule has 5 heteroatoms. The maximum Gasteiger partial charge on any atom is 0.213 e. The number of rotatable bonds is 10. The first-order chi connectivity index (χ1) is 22.1. The summed E-state index contributed by atoms with van der Waals surface area (Å²) in [5.74, 6) is 3.35. The van der Waals surface area contributed by atoms with Crippen LogP contribution in [-0.4, -0.2) is 44.8 Å². The van der Waals surface area contributed by atoms with Crippen LogP contribution in [0.5, 0.6) is 23.0 Å². The summed E-state index contributed by atoms with van der Waals surface area (Å²) in [7, 11) is 3.42. The van der Waals surface area contributed by atoms with Crippen LogP contribution in [0.4, 0.5) is 5.69 Å². The highest BCUT2D eigenvalue weighted by molar-refractivity contribution is 5.91. The van der Waals surface area contributed by atoms with Crippen molar-refractivity contribution >= 4 is 23.6 Å². The smallest absolute Gasteiger partial charge is 0.213 e. The van der Waals surface area contributed by atoms with E-state index >= 15 is 0 Å². The van der Waals surface area contributed by atoms with Crippen LogP contribution in [0.2, 0.25) is 0 Å². The molecule has 0 saturated heterocycles. The van der Waals surface area contributed by atoms with Crippen molar-refractivity contribution in [3.63, 3.8) is 0 Å². The molecule has 1 heterocycles. The Bertz CT molecular complexity index is 1750. The Balaban J connectivity index is 1.36. The van der Waals surface area contributed by atoms with Crippen molar-refractivity contribution < 1.29 is 23.5 Å². The maximum absolute atomic E-state index is 5.77. The second kappa shape index (κ2) is 13.6. The molecule has 0 bridgehead atoms. The van der Waals surface area contributed by atoms with Crippen molar-refractivity contribution in [3.05, 3.63) is 126 Å². The van der Waals surface area contributed by atoms with Crippen LogP contribution >= 0.6 is 0 Å². The minimum absolute atomic E-state index is 0.623. The summed E-state index contributed by atoms with van der Waals surface area (Å²) in [6, 6.07) is 37.6. The van der Waals surface area contributed by atoms with Crippen LogP contribution in [0.25, 0.3) is 33.9 Å². The third-order valence-electron chi connectivity index (χ3n) is 7.91. The first-order valence-electron chi connectivity index (χ1n) is 15.3. The summed E-state index contributed by atoms with van der Waals surface area (Å²) >= 11 is 0. The molecule has 45 heavy (non-hydrogen) atoms. The van der Waals surface area contributed by atoms with Gasteiger partial charge in [0.15, 0.2) is 12.8 Å². The van der Waals surface area contributed by atoms with Gasteiger partial charge >= 0.3 is 0 Å². The van der Waals surface area contributed by atoms with Crippen molar-refractivity contribution in [1.29, 1.82) is 0 Å². The fraction of sp³-hybridized carbons (Fsp3) is 0.175. The minimum atomic E-state index is 0.623. The lowest BCUT2D eigenvalue weighted by molar-refractivity contribution is -0.413. The Kier molecular flexibility index (Phi) is 8.97. The normalized spacial score (nSPS) is 14.0. The molecule has 5 nitrogen and oxygen atoms in total.